The topological polar surface area (TPSA) is 74.1 Å². The fraction of sp³-hybridized carbons (Fsp3) is 0.333. The van der Waals surface area contributed by atoms with Gasteiger partial charge in [-0.15, -0.1) is 0 Å². The van der Waals surface area contributed by atoms with Gasteiger partial charge in [-0.2, -0.15) is 5.26 Å². The SMILES string of the molecule is CCOCCCN/C=C(/C#N)C(=O)Nc1cccc(Cl)c1. The number of rotatable bonds is 8. The molecule has 0 aromatic heterocycles. The molecule has 1 aromatic carbocycles. The molecule has 1 aromatic rings. The second-order valence-electron chi connectivity index (χ2n) is 4.14. The minimum Gasteiger partial charge on any atom is -0.390 e. The fourth-order valence-corrected chi connectivity index (χ4v) is 1.70. The monoisotopic (exact) mass is 307 g/mol. The van der Waals surface area contributed by atoms with Crippen LogP contribution in [-0.2, 0) is 9.53 Å². The van der Waals surface area contributed by atoms with Gasteiger partial charge in [0.1, 0.15) is 11.6 Å². The summed E-state index contributed by atoms with van der Waals surface area (Å²) < 4.78 is 5.19. The van der Waals surface area contributed by atoms with E-state index in [-0.39, 0.29) is 5.57 Å². The maximum atomic E-state index is 11.9. The Hall–Kier alpha value is -2.03. The van der Waals surface area contributed by atoms with Crippen LogP contribution in [0.15, 0.2) is 36.0 Å². The Morgan fingerprint density at radius 1 is 1.52 bits per heavy atom. The zero-order chi connectivity index (χ0) is 15.5. The number of amides is 1. The number of nitrogens with one attached hydrogen (secondary N) is 2. The fourth-order valence-electron chi connectivity index (χ4n) is 1.51. The third kappa shape index (κ3) is 6.80. The maximum absolute atomic E-state index is 11.9. The maximum Gasteiger partial charge on any atom is 0.267 e. The van der Waals surface area contributed by atoms with Crippen LogP contribution in [0.2, 0.25) is 5.02 Å². The smallest absolute Gasteiger partial charge is 0.267 e. The zero-order valence-corrected chi connectivity index (χ0v) is 12.6. The van der Waals surface area contributed by atoms with Crippen LogP contribution in [0, 0.1) is 11.3 Å². The summed E-state index contributed by atoms with van der Waals surface area (Å²) in [6, 6.07) is 8.61. The number of halogens is 1. The molecule has 0 aliphatic rings. The van der Waals surface area contributed by atoms with Gasteiger partial charge in [-0.3, -0.25) is 4.79 Å². The molecule has 0 saturated carbocycles. The first kappa shape index (κ1) is 17.0. The molecule has 1 rings (SSSR count). The summed E-state index contributed by atoms with van der Waals surface area (Å²) in [5, 5.41) is 15.1. The van der Waals surface area contributed by atoms with E-state index in [1.807, 2.05) is 13.0 Å². The van der Waals surface area contributed by atoms with Gasteiger partial charge in [-0.25, -0.2) is 0 Å². The lowest BCUT2D eigenvalue weighted by Crippen LogP contribution is -2.17. The molecule has 5 nitrogen and oxygen atoms in total. The Labute approximate surface area is 129 Å². The van der Waals surface area contributed by atoms with Gasteiger partial charge in [0.25, 0.3) is 5.91 Å². The highest BCUT2D eigenvalue weighted by molar-refractivity contribution is 6.31. The minimum atomic E-state index is -0.475. The quantitative estimate of drug-likeness (QED) is 0.440. The summed E-state index contributed by atoms with van der Waals surface area (Å²) in [5.41, 5.74) is 0.552. The Morgan fingerprint density at radius 2 is 2.33 bits per heavy atom. The lowest BCUT2D eigenvalue weighted by molar-refractivity contribution is -0.112. The van der Waals surface area contributed by atoms with Gasteiger partial charge in [0, 0.05) is 36.7 Å². The first-order valence-corrected chi connectivity index (χ1v) is 7.03. The number of hydrogen-bond acceptors (Lipinski definition) is 4. The van der Waals surface area contributed by atoms with Crippen LogP contribution in [-0.4, -0.2) is 25.7 Å². The molecular weight excluding hydrogens is 290 g/mol. The molecule has 2 N–H and O–H groups in total. The number of anilines is 1. The summed E-state index contributed by atoms with van der Waals surface area (Å²) in [6.07, 6.45) is 2.21. The van der Waals surface area contributed by atoms with Crippen LogP contribution in [0.25, 0.3) is 0 Å². The Balaban J connectivity index is 2.47. The van der Waals surface area contributed by atoms with E-state index >= 15 is 0 Å². The first-order valence-electron chi connectivity index (χ1n) is 6.65. The molecule has 0 aliphatic heterocycles. The molecule has 0 fully saturated rings. The lowest BCUT2D eigenvalue weighted by Gasteiger charge is -2.05. The molecule has 0 atom stereocenters. The standard InChI is InChI=1S/C15H18ClN3O2/c1-2-21-8-4-7-18-11-12(10-17)15(20)19-14-6-3-5-13(16)9-14/h3,5-6,9,11,18H,2,4,7-8H2,1H3,(H,19,20)/b12-11-. The molecule has 6 heteroatoms. The van der Waals surface area contributed by atoms with Crippen molar-refractivity contribution in [2.75, 3.05) is 25.1 Å². The highest BCUT2D eigenvalue weighted by Gasteiger charge is 2.09. The number of hydrogen-bond donors (Lipinski definition) is 2. The van der Waals surface area contributed by atoms with Crippen molar-refractivity contribution < 1.29 is 9.53 Å². The highest BCUT2D eigenvalue weighted by atomic mass is 35.5. The molecule has 21 heavy (non-hydrogen) atoms. The van der Waals surface area contributed by atoms with Crippen molar-refractivity contribution in [1.29, 1.82) is 5.26 Å². The zero-order valence-electron chi connectivity index (χ0n) is 11.9. The Kier molecular flexibility index (Phi) is 7.95. The molecule has 0 aliphatic carbocycles. The average Bonchev–Trinajstić information content (AvgIpc) is 2.46. The number of benzene rings is 1. The van der Waals surface area contributed by atoms with Crippen molar-refractivity contribution >= 4 is 23.2 Å². The van der Waals surface area contributed by atoms with Gasteiger partial charge in [0.05, 0.1) is 0 Å². The largest absolute Gasteiger partial charge is 0.390 e. The van der Waals surface area contributed by atoms with Crippen LogP contribution >= 0.6 is 11.6 Å². The van der Waals surface area contributed by atoms with Crippen molar-refractivity contribution in [1.82, 2.24) is 5.32 Å². The van der Waals surface area contributed by atoms with E-state index in [1.165, 1.54) is 6.20 Å². The van der Waals surface area contributed by atoms with Gasteiger partial charge >= 0.3 is 0 Å². The highest BCUT2D eigenvalue weighted by Crippen LogP contribution is 2.15. The second kappa shape index (κ2) is 9.81. The predicted molar refractivity (Wildman–Crippen MR) is 82.9 cm³/mol. The Morgan fingerprint density at radius 3 is 3.00 bits per heavy atom. The van der Waals surface area contributed by atoms with E-state index in [4.69, 9.17) is 21.6 Å². The predicted octanol–water partition coefficient (Wildman–Crippen LogP) is 2.70. The number of carbonyl (C=O) groups is 1. The van der Waals surface area contributed by atoms with Crippen LogP contribution in [0.4, 0.5) is 5.69 Å². The van der Waals surface area contributed by atoms with E-state index in [0.29, 0.717) is 30.5 Å². The number of carbonyl (C=O) groups excluding carboxylic acids is 1. The molecule has 0 saturated heterocycles. The van der Waals surface area contributed by atoms with E-state index in [9.17, 15) is 4.79 Å². The average molecular weight is 308 g/mol. The summed E-state index contributed by atoms with van der Waals surface area (Å²) in [7, 11) is 0. The van der Waals surface area contributed by atoms with Gasteiger partial charge < -0.3 is 15.4 Å². The summed E-state index contributed by atoms with van der Waals surface area (Å²) in [6.45, 7) is 3.90. The van der Waals surface area contributed by atoms with Crippen molar-refractivity contribution in [2.45, 2.75) is 13.3 Å². The van der Waals surface area contributed by atoms with Gasteiger partial charge in [-0.05, 0) is 31.5 Å². The minimum absolute atomic E-state index is 0.00591. The molecule has 0 radical (unpaired) electrons. The van der Waals surface area contributed by atoms with E-state index < -0.39 is 5.91 Å². The Bertz CT molecular complexity index is 538. The molecule has 0 unspecified atom stereocenters. The molecule has 0 bridgehead atoms. The molecule has 112 valence electrons. The van der Waals surface area contributed by atoms with Crippen LogP contribution < -0.4 is 10.6 Å². The summed E-state index contributed by atoms with van der Waals surface area (Å²) in [4.78, 5) is 11.9. The van der Waals surface area contributed by atoms with Crippen molar-refractivity contribution in [3.63, 3.8) is 0 Å². The third-order valence-electron chi connectivity index (χ3n) is 2.51. The molecule has 0 spiro atoms. The van der Waals surface area contributed by atoms with Gasteiger partial charge in [0.2, 0.25) is 0 Å². The molecule has 0 heterocycles. The lowest BCUT2D eigenvalue weighted by atomic mass is 10.2. The molecular formula is C15H18ClN3O2. The van der Waals surface area contributed by atoms with E-state index in [0.717, 1.165) is 6.42 Å². The summed E-state index contributed by atoms with van der Waals surface area (Å²) in [5.74, 6) is -0.475. The normalized spacial score (nSPS) is 10.8. The number of nitriles is 1. The van der Waals surface area contributed by atoms with Crippen LogP contribution in [0.5, 0.6) is 0 Å². The van der Waals surface area contributed by atoms with Crippen LogP contribution in [0.3, 0.4) is 0 Å². The van der Waals surface area contributed by atoms with E-state index in [1.54, 1.807) is 24.3 Å². The van der Waals surface area contributed by atoms with Crippen molar-refractivity contribution in [2.24, 2.45) is 0 Å². The van der Waals surface area contributed by atoms with Crippen LogP contribution in [0.1, 0.15) is 13.3 Å². The van der Waals surface area contributed by atoms with Crippen molar-refractivity contribution in [3.8, 4) is 6.07 Å². The third-order valence-corrected chi connectivity index (χ3v) is 2.74. The van der Waals surface area contributed by atoms with E-state index in [2.05, 4.69) is 10.6 Å². The number of nitrogens with zero attached hydrogens (tertiary/aromatic N) is 1. The first-order chi connectivity index (χ1) is 10.2. The van der Waals surface area contributed by atoms with Gasteiger partial charge in [0.15, 0.2) is 0 Å². The summed E-state index contributed by atoms with van der Waals surface area (Å²) >= 11 is 5.83. The molecule has 1 amide bonds. The second-order valence-corrected chi connectivity index (χ2v) is 4.58. The number of ether oxygens (including phenoxy) is 1. The van der Waals surface area contributed by atoms with Crippen molar-refractivity contribution in [3.05, 3.63) is 41.1 Å². The van der Waals surface area contributed by atoms with Gasteiger partial charge in [-0.1, -0.05) is 17.7 Å².